The van der Waals surface area contributed by atoms with Gasteiger partial charge in [-0.25, -0.2) is 0 Å². The molecule has 3 fully saturated rings. The van der Waals surface area contributed by atoms with Gasteiger partial charge in [0.15, 0.2) is 0 Å². The van der Waals surface area contributed by atoms with Crippen molar-refractivity contribution < 1.29 is 24.2 Å². The van der Waals surface area contributed by atoms with Crippen LogP contribution in [-0.2, 0) is 14.4 Å². The van der Waals surface area contributed by atoms with E-state index in [4.69, 9.17) is 16.3 Å². The number of ether oxygens (including phenoxy) is 1. The fraction of sp³-hybridized carbons (Fsp3) is 0.486. The maximum Gasteiger partial charge on any atom is 0.251 e. The molecular formula is C37H46ClN3O5S. The van der Waals surface area contributed by atoms with E-state index in [0.29, 0.717) is 55.4 Å². The largest absolute Gasteiger partial charge is 0.494 e. The fourth-order valence-corrected chi connectivity index (χ4v) is 10.3. The number of aliphatic hydroxyl groups is 1. The lowest BCUT2D eigenvalue weighted by Crippen LogP contribution is -2.55. The number of likely N-dealkylation sites (tertiary alicyclic amines) is 1. The maximum absolute atomic E-state index is 14.8. The van der Waals surface area contributed by atoms with Crippen molar-refractivity contribution in [3.8, 4) is 5.75 Å². The van der Waals surface area contributed by atoms with Crippen molar-refractivity contribution in [3.63, 3.8) is 0 Å². The molecule has 5 rings (SSSR count). The van der Waals surface area contributed by atoms with Crippen molar-refractivity contribution >= 4 is 52.5 Å². The number of thioether (sulfide) groups is 1. The molecule has 3 amide bonds. The summed E-state index contributed by atoms with van der Waals surface area (Å²) in [5, 5.41) is 9.84. The van der Waals surface area contributed by atoms with Crippen LogP contribution in [0.3, 0.4) is 0 Å². The molecule has 8 nitrogen and oxygen atoms in total. The van der Waals surface area contributed by atoms with E-state index in [2.05, 4.69) is 20.1 Å². The zero-order valence-corrected chi connectivity index (χ0v) is 29.0. The number of rotatable bonds is 16. The molecule has 2 aromatic carbocycles. The molecule has 0 aromatic heterocycles. The van der Waals surface area contributed by atoms with Crippen LogP contribution >= 0.6 is 23.4 Å². The first-order valence-corrected chi connectivity index (χ1v) is 17.8. The molecule has 0 aliphatic carbocycles. The molecule has 2 aromatic rings. The summed E-state index contributed by atoms with van der Waals surface area (Å²) in [6.45, 7) is 13.5. The lowest BCUT2D eigenvalue weighted by molar-refractivity contribution is -0.139. The van der Waals surface area contributed by atoms with Gasteiger partial charge in [0.05, 0.1) is 23.2 Å². The summed E-state index contributed by atoms with van der Waals surface area (Å²) in [6.07, 6.45) is 7.85. The number of carbonyl (C=O) groups excluding carboxylic acids is 3. The summed E-state index contributed by atoms with van der Waals surface area (Å²) >= 11 is 7.86. The normalized spacial score (nSPS) is 25.8. The van der Waals surface area contributed by atoms with Crippen molar-refractivity contribution in [1.29, 1.82) is 0 Å². The van der Waals surface area contributed by atoms with Gasteiger partial charge in [0.25, 0.3) is 5.91 Å². The minimum absolute atomic E-state index is 0.124. The second-order valence-electron chi connectivity index (χ2n) is 12.8. The number of hydrogen-bond acceptors (Lipinski definition) is 6. The average molecular weight is 680 g/mol. The number of unbranched alkanes of at least 4 members (excludes halogenated alkanes) is 3. The Labute approximate surface area is 287 Å². The number of anilines is 2. The van der Waals surface area contributed by atoms with Crippen LogP contribution in [0.1, 0.15) is 52.4 Å². The average Bonchev–Trinajstić information content (AvgIpc) is 3.63. The number of halogens is 1. The zero-order chi connectivity index (χ0) is 33.8. The summed E-state index contributed by atoms with van der Waals surface area (Å²) in [5.41, 5.74) is 1.39. The second-order valence-corrected chi connectivity index (χ2v) is 15.1. The van der Waals surface area contributed by atoms with Gasteiger partial charge in [-0.15, -0.1) is 24.9 Å². The Hall–Kier alpha value is -3.27. The quantitative estimate of drug-likeness (QED) is 0.161. The number of hydrogen-bond donors (Lipinski definition) is 1. The number of benzene rings is 2. The Kier molecular flexibility index (Phi) is 11.1. The predicted molar refractivity (Wildman–Crippen MR) is 190 cm³/mol. The lowest BCUT2D eigenvalue weighted by atomic mass is 9.66. The first-order valence-electron chi connectivity index (χ1n) is 16.6. The molecule has 252 valence electrons. The van der Waals surface area contributed by atoms with Gasteiger partial charge in [-0.05, 0) is 88.1 Å². The number of aliphatic hydroxyl groups excluding tert-OH is 1. The van der Waals surface area contributed by atoms with Gasteiger partial charge >= 0.3 is 0 Å². The summed E-state index contributed by atoms with van der Waals surface area (Å²) in [5.74, 6) is -0.956. The third kappa shape index (κ3) is 6.59. The van der Waals surface area contributed by atoms with E-state index >= 15 is 0 Å². The standard InChI is InChI=1S/C37H46ClN3O5S/c1-5-22-39(28-16-18-29(19-17-28)46-7-3)33(43)30-31-34(44)41(24-10-8-9-11-25-42)32(37(31)21-20-36(30,4)47-37)35(45)40(23-6-2)27-14-12-26(38)13-15-27/h5-6,12-19,30-32,42H,1-2,7-11,20-25H2,3-4H3/t30-,31-,32?,36+,37?/m0/s1. The van der Waals surface area contributed by atoms with Crippen molar-refractivity contribution in [2.24, 2.45) is 11.8 Å². The van der Waals surface area contributed by atoms with Gasteiger partial charge in [0.1, 0.15) is 11.8 Å². The SMILES string of the molecule is C=CCN(C(=O)C1N(CCCCCCO)C(=O)[C@@H]2[C@@H](C(=O)N(CC=C)c3ccc(OCC)cc3)[C@@]3(C)CCC12S3)c1ccc(Cl)cc1. The highest BCUT2D eigenvalue weighted by Crippen LogP contribution is 2.71. The lowest BCUT2D eigenvalue weighted by Gasteiger charge is -2.38. The summed E-state index contributed by atoms with van der Waals surface area (Å²) in [7, 11) is 0. The molecule has 47 heavy (non-hydrogen) atoms. The third-order valence-corrected chi connectivity index (χ3v) is 12.1. The van der Waals surface area contributed by atoms with Gasteiger partial charge in [0, 0.05) is 47.4 Å². The van der Waals surface area contributed by atoms with E-state index in [0.717, 1.165) is 25.0 Å². The van der Waals surface area contributed by atoms with Crippen LogP contribution in [0.2, 0.25) is 5.02 Å². The first-order chi connectivity index (χ1) is 22.7. The molecule has 2 bridgehead atoms. The van der Waals surface area contributed by atoms with E-state index in [1.54, 1.807) is 50.7 Å². The molecule has 10 heteroatoms. The van der Waals surface area contributed by atoms with Crippen LogP contribution in [0.4, 0.5) is 11.4 Å². The van der Waals surface area contributed by atoms with Crippen LogP contribution in [0.25, 0.3) is 0 Å². The molecule has 3 aliphatic heterocycles. The Morgan fingerprint density at radius 1 is 0.979 bits per heavy atom. The minimum atomic E-state index is -0.751. The van der Waals surface area contributed by atoms with Crippen molar-refractivity contribution in [1.82, 2.24) is 4.90 Å². The van der Waals surface area contributed by atoms with Crippen LogP contribution in [-0.4, -0.2) is 76.1 Å². The summed E-state index contributed by atoms with van der Waals surface area (Å²) < 4.78 is 4.36. The van der Waals surface area contributed by atoms with E-state index < -0.39 is 27.4 Å². The molecule has 5 atom stereocenters. The smallest absolute Gasteiger partial charge is 0.251 e. The van der Waals surface area contributed by atoms with Gasteiger partial charge in [0.2, 0.25) is 11.8 Å². The Bertz CT molecular complexity index is 1470. The highest BCUT2D eigenvalue weighted by Gasteiger charge is 2.77. The number of amides is 3. The van der Waals surface area contributed by atoms with E-state index in [1.165, 1.54) is 0 Å². The van der Waals surface area contributed by atoms with Gasteiger partial charge < -0.3 is 24.5 Å². The summed E-state index contributed by atoms with van der Waals surface area (Å²) in [4.78, 5) is 49.5. The molecular weight excluding hydrogens is 634 g/mol. The second kappa shape index (κ2) is 14.9. The number of nitrogens with zero attached hydrogens (tertiary/aromatic N) is 3. The minimum Gasteiger partial charge on any atom is -0.494 e. The van der Waals surface area contributed by atoms with Crippen LogP contribution in [0, 0.1) is 11.8 Å². The van der Waals surface area contributed by atoms with E-state index in [1.807, 2.05) is 43.3 Å². The molecule has 3 aliphatic rings. The number of fused-ring (bicyclic) bond motifs is 1. The molecule has 3 heterocycles. The van der Waals surface area contributed by atoms with Crippen LogP contribution in [0.5, 0.6) is 5.75 Å². The zero-order valence-electron chi connectivity index (χ0n) is 27.4. The Morgan fingerprint density at radius 2 is 1.57 bits per heavy atom. The van der Waals surface area contributed by atoms with Crippen LogP contribution in [0.15, 0.2) is 73.8 Å². The van der Waals surface area contributed by atoms with Crippen molar-refractivity contribution in [3.05, 3.63) is 78.9 Å². The van der Waals surface area contributed by atoms with Crippen molar-refractivity contribution in [2.45, 2.75) is 67.9 Å². The van der Waals surface area contributed by atoms with E-state index in [9.17, 15) is 19.5 Å². The monoisotopic (exact) mass is 679 g/mol. The highest BCUT2D eigenvalue weighted by atomic mass is 35.5. The molecule has 2 unspecified atom stereocenters. The van der Waals surface area contributed by atoms with Gasteiger partial charge in [-0.2, -0.15) is 0 Å². The van der Waals surface area contributed by atoms with Crippen molar-refractivity contribution in [2.75, 3.05) is 42.6 Å². The number of carbonyl (C=O) groups is 3. The topological polar surface area (TPSA) is 90.4 Å². The molecule has 1 N–H and O–H groups in total. The highest BCUT2D eigenvalue weighted by molar-refractivity contribution is 8.02. The molecule has 0 saturated carbocycles. The van der Waals surface area contributed by atoms with Crippen LogP contribution < -0.4 is 14.5 Å². The van der Waals surface area contributed by atoms with E-state index in [-0.39, 0.29) is 30.9 Å². The van der Waals surface area contributed by atoms with Gasteiger partial charge in [-0.1, -0.05) is 36.6 Å². The molecule has 3 saturated heterocycles. The Morgan fingerprint density at radius 3 is 2.17 bits per heavy atom. The van der Waals surface area contributed by atoms with Gasteiger partial charge in [-0.3, -0.25) is 14.4 Å². The fourth-order valence-electron chi connectivity index (χ4n) is 7.80. The third-order valence-electron chi connectivity index (χ3n) is 9.84. The molecule has 1 spiro atoms. The first kappa shape index (κ1) is 35.0. The molecule has 0 radical (unpaired) electrons. The predicted octanol–water partition coefficient (Wildman–Crippen LogP) is 6.51. The maximum atomic E-state index is 14.8. The Balaban J connectivity index is 1.54. The summed E-state index contributed by atoms with van der Waals surface area (Å²) in [6, 6.07) is 13.8.